The van der Waals surface area contributed by atoms with Crippen LogP contribution in [0.3, 0.4) is 0 Å². The number of carbonyl (C=O) groups is 2. The van der Waals surface area contributed by atoms with Gasteiger partial charge in [0.1, 0.15) is 0 Å². The van der Waals surface area contributed by atoms with Gasteiger partial charge in [-0.05, 0) is 18.3 Å². The van der Waals surface area contributed by atoms with Gasteiger partial charge in [-0.3, -0.25) is 9.59 Å². The Morgan fingerprint density at radius 1 is 0.941 bits per heavy atom. The molecule has 0 saturated heterocycles. The van der Waals surface area contributed by atoms with Crippen LogP contribution in [-0.4, -0.2) is 22.2 Å². The second kappa shape index (κ2) is 9.02. The van der Waals surface area contributed by atoms with Crippen molar-refractivity contribution in [3.05, 3.63) is 0 Å². The van der Waals surface area contributed by atoms with E-state index in [2.05, 4.69) is 6.92 Å². The number of hydrogen-bond acceptors (Lipinski definition) is 2. The largest absolute Gasteiger partial charge is 0.481 e. The maximum Gasteiger partial charge on any atom is 0.303 e. The number of unbranched alkanes of at least 4 members (excludes halogenated alkanes) is 1. The molecule has 0 saturated carbocycles. The van der Waals surface area contributed by atoms with E-state index >= 15 is 0 Å². The van der Waals surface area contributed by atoms with Gasteiger partial charge in [-0.15, -0.1) is 0 Å². The molecule has 0 aromatic rings. The number of aliphatic carboxylic acids is 2. The summed E-state index contributed by atoms with van der Waals surface area (Å²) in [5.74, 6) is -0.858. The van der Waals surface area contributed by atoms with Crippen molar-refractivity contribution in [3.8, 4) is 0 Å². The monoisotopic (exact) mass is 244 g/mol. The molecule has 0 fully saturated rings. The molecule has 0 rings (SSSR count). The molecule has 0 amide bonds. The van der Waals surface area contributed by atoms with Crippen LogP contribution < -0.4 is 0 Å². The van der Waals surface area contributed by atoms with E-state index in [1.807, 2.05) is 6.92 Å². The first-order valence-corrected chi connectivity index (χ1v) is 6.44. The van der Waals surface area contributed by atoms with E-state index in [-0.39, 0.29) is 18.8 Å². The molecule has 2 unspecified atom stereocenters. The van der Waals surface area contributed by atoms with Gasteiger partial charge in [0.2, 0.25) is 0 Å². The van der Waals surface area contributed by atoms with Gasteiger partial charge in [-0.25, -0.2) is 0 Å². The lowest BCUT2D eigenvalue weighted by atomic mass is 9.82. The molecule has 0 aromatic carbocycles. The summed E-state index contributed by atoms with van der Waals surface area (Å²) in [6.07, 6.45) is 4.80. The molecule has 0 aliphatic carbocycles. The summed E-state index contributed by atoms with van der Waals surface area (Å²) in [6, 6.07) is 0. The van der Waals surface area contributed by atoms with Crippen molar-refractivity contribution in [1.82, 2.24) is 0 Å². The second-order valence-corrected chi connectivity index (χ2v) is 4.57. The summed E-state index contributed by atoms with van der Waals surface area (Å²) < 4.78 is 0. The van der Waals surface area contributed by atoms with Crippen LogP contribution in [0.5, 0.6) is 0 Å². The van der Waals surface area contributed by atoms with Gasteiger partial charge in [-0.1, -0.05) is 39.5 Å². The third-order valence-corrected chi connectivity index (χ3v) is 3.37. The van der Waals surface area contributed by atoms with Crippen molar-refractivity contribution in [2.45, 2.75) is 58.8 Å². The van der Waals surface area contributed by atoms with E-state index in [9.17, 15) is 9.59 Å². The van der Waals surface area contributed by atoms with E-state index in [1.165, 1.54) is 0 Å². The summed E-state index contributed by atoms with van der Waals surface area (Å²) >= 11 is 0. The SMILES string of the molecule is CCC(CCCCC(=O)O)C(CC)CC(=O)O. The zero-order chi connectivity index (χ0) is 13.3. The van der Waals surface area contributed by atoms with Crippen LogP contribution in [0.25, 0.3) is 0 Å². The highest BCUT2D eigenvalue weighted by molar-refractivity contribution is 5.67. The molecule has 4 heteroatoms. The average molecular weight is 244 g/mol. The van der Waals surface area contributed by atoms with Crippen molar-refractivity contribution in [3.63, 3.8) is 0 Å². The summed E-state index contributed by atoms with van der Waals surface area (Å²) in [6.45, 7) is 4.10. The summed E-state index contributed by atoms with van der Waals surface area (Å²) in [5.41, 5.74) is 0. The third-order valence-electron chi connectivity index (χ3n) is 3.37. The summed E-state index contributed by atoms with van der Waals surface area (Å²) in [4.78, 5) is 21.1. The molecule has 0 aliphatic heterocycles. The van der Waals surface area contributed by atoms with Gasteiger partial charge < -0.3 is 10.2 Å². The molecule has 100 valence electrons. The Morgan fingerprint density at radius 3 is 1.94 bits per heavy atom. The predicted molar refractivity (Wildman–Crippen MR) is 65.9 cm³/mol. The van der Waals surface area contributed by atoms with Crippen LogP contribution in [0, 0.1) is 11.8 Å². The fourth-order valence-corrected chi connectivity index (χ4v) is 2.32. The Hall–Kier alpha value is -1.06. The molecule has 2 atom stereocenters. The topological polar surface area (TPSA) is 74.6 Å². The van der Waals surface area contributed by atoms with E-state index < -0.39 is 11.9 Å². The fourth-order valence-electron chi connectivity index (χ4n) is 2.32. The van der Waals surface area contributed by atoms with E-state index in [1.54, 1.807) is 0 Å². The maximum absolute atomic E-state index is 10.7. The molecule has 0 heterocycles. The lowest BCUT2D eigenvalue weighted by Crippen LogP contribution is -2.17. The zero-order valence-electron chi connectivity index (χ0n) is 10.8. The molecule has 0 aliphatic rings. The first-order chi connectivity index (χ1) is 8.01. The number of rotatable bonds is 10. The Labute approximate surface area is 103 Å². The highest BCUT2D eigenvalue weighted by Gasteiger charge is 2.20. The third kappa shape index (κ3) is 7.77. The number of carboxylic acids is 2. The van der Waals surface area contributed by atoms with Gasteiger partial charge in [0, 0.05) is 12.8 Å². The molecule has 0 aromatic heterocycles. The zero-order valence-corrected chi connectivity index (χ0v) is 10.8. The minimum absolute atomic E-state index is 0.214. The van der Waals surface area contributed by atoms with Gasteiger partial charge in [0.15, 0.2) is 0 Å². The lowest BCUT2D eigenvalue weighted by Gasteiger charge is -2.23. The van der Waals surface area contributed by atoms with E-state index in [0.29, 0.717) is 12.3 Å². The first kappa shape index (κ1) is 15.9. The van der Waals surface area contributed by atoms with Crippen molar-refractivity contribution in [1.29, 1.82) is 0 Å². The summed E-state index contributed by atoms with van der Waals surface area (Å²) in [5, 5.41) is 17.4. The molecule has 0 radical (unpaired) electrons. The van der Waals surface area contributed by atoms with Crippen LogP contribution in [0.15, 0.2) is 0 Å². The molecule has 17 heavy (non-hydrogen) atoms. The van der Waals surface area contributed by atoms with Crippen LogP contribution in [0.2, 0.25) is 0 Å². The Bertz CT molecular complexity index is 238. The molecular formula is C13H24O4. The van der Waals surface area contributed by atoms with Crippen LogP contribution >= 0.6 is 0 Å². The minimum Gasteiger partial charge on any atom is -0.481 e. The highest BCUT2D eigenvalue weighted by atomic mass is 16.4. The average Bonchev–Trinajstić information content (AvgIpc) is 2.26. The first-order valence-electron chi connectivity index (χ1n) is 6.44. The molecule has 0 spiro atoms. The van der Waals surface area contributed by atoms with E-state index in [0.717, 1.165) is 25.7 Å². The lowest BCUT2D eigenvalue weighted by molar-refractivity contribution is -0.139. The predicted octanol–water partition coefficient (Wildman–Crippen LogP) is 3.16. The minimum atomic E-state index is -0.754. The highest BCUT2D eigenvalue weighted by Crippen LogP contribution is 2.27. The van der Waals surface area contributed by atoms with Crippen LogP contribution in [-0.2, 0) is 9.59 Å². The normalized spacial score (nSPS) is 14.2. The van der Waals surface area contributed by atoms with Gasteiger partial charge in [0.25, 0.3) is 0 Å². The van der Waals surface area contributed by atoms with Crippen molar-refractivity contribution >= 4 is 11.9 Å². The summed E-state index contributed by atoms with van der Waals surface area (Å²) in [7, 11) is 0. The Kier molecular flexibility index (Phi) is 8.46. The molecule has 4 nitrogen and oxygen atoms in total. The molecule has 2 N–H and O–H groups in total. The van der Waals surface area contributed by atoms with Gasteiger partial charge >= 0.3 is 11.9 Å². The molecular weight excluding hydrogens is 220 g/mol. The van der Waals surface area contributed by atoms with Crippen molar-refractivity contribution < 1.29 is 19.8 Å². The standard InChI is InChI=1S/C13H24O4/c1-3-10(7-5-6-8-12(14)15)11(4-2)9-13(16)17/h10-11H,3-9H2,1-2H3,(H,14,15)(H,16,17). The van der Waals surface area contributed by atoms with Crippen LogP contribution in [0.4, 0.5) is 0 Å². The van der Waals surface area contributed by atoms with E-state index in [4.69, 9.17) is 10.2 Å². The van der Waals surface area contributed by atoms with Gasteiger partial charge in [0.05, 0.1) is 0 Å². The Balaban J connectivity index is 4.01. The van der Waals surface area contributed by atoms with Crippen molar-refractivity contribution in [2.75, 3.05) is 0 Å². The number of hydrogen-bond donors (Lipinski definition) is 2. The number of carboxylic acid groups (broad SMARTS) is 2. The molecule has 0 bridgehead atoms. The van der Waals surface area contributed by atoms with Crippen LogP contribution in [0.1, 0.15) is 58.8 Å². The quantitative estimate of drug-likeness (QED) is 0.579. The second-order valence-electron chi connectivity index (χ2n) is 4.57. The fraction of sp³-hybridized carbons (Fsp3) is 0.846. The Morgan fingerprint density at radius 2 is 1.53 bits per heavy atom. The van der Waals surface area contributed by atoms with Crippen molar-refractivity contribution in [2.24, 2.45) is 11.8 Å². The smallest absolute Gasteiger partial charge is 0.303 e. The van der Waals surface area contributed by atoms with Gasteiger partial charge in [-0.2, -0.15) is 0 Å². The maximum atomic E-state index is 10.7.